The van der Waals surface area contributed by atoms with Crippen LogP contribution in [0.15, 0.2) is 4.42 Å². The third-order valence-electron chi connectivity index (χ3n) is 1.71. The number of carbonyl (C=O) groups is 1. The number of alkyl halides is 3. The van der Waals surface area contributed by atoms with Crippen molar-refractivity contribution < 1.29 is 32.1 Å². The van der Waals surface area contributed by atoms with E-state index in [1.165, 1.54) is 6.92 Å². The second-order valence-corrected chi connectivity index (χ2v) is 2.64. The molecule has 0 aliphatic carbocycles. The predicted molar refractivity (Wildman–Crippen MR) is 34.5 cm³/mol. The number of hydrogen-bond donors (Lipinski definition) is 0. The summed E-state index contributed by atoms with van der Waals surface area (Å²) in [6, 6.07) is 0. The minimum Gasteiger partial charge on any atom is -0.540 e. The highest BCUT2D eigenvalue weighted by molar-refractivity contribution is 5.98. The molecule has 14 heavy (non-hydrogen) atoms. The van der Waals surface area contributed by atoms with Crippen LogP contribution in [0.2, 0.25) is 0 Å². The van der Waals surface area contributed by atoms with Crippen molar-refractivity contribution in [2.75, 3.05) is 0 Å². The van der Waals surface area contributed by atoms with Gasteiger partial charge in [0.05, 0.1) is 0 Å². The maximum Gasteiger partial charge on any atom is 0.461 e. The Bertz CT molecular complexity index is 380. The molecule has 0 spiro atoms. The third-order valence-corrected chi connectivity index (χ3v) is 1.71. The largest absolute Gasteiger partial charge is 0.540 e. The zero-order chi connectivity index (χ0) is 11.1. The molecule has 1 aromatic rings. The van der Waals surface area contributed by atoms with Crippen LogP contribution in [-0.4, -0.2) is 12.0 Å². The van der Waals surface area contributed by atoms with E-state index >= 15 is 0 Å². The van der Waals surface area contributed by atoms with Gasteiger partial charge in [-0.25, -0.2) is 0 Å². The molecule has 0 radical (unpaired) electrons. The number of halogens is 3. The number of carbonyl (C=O) groups excluding carboxylic acids is 1. The number of nitrogens with zero attached hydrogens (tertiary/aromatic N) is 1. The Morgan fingerprint density at radius 3 is 2.29 bits per heavy atom. The molecule has 1 heterocycles. The van der Waals surface area contributed by atoms with Crippen LogP contribution in [0, 0.1) is 6.92 Å². The van der Waals surface area contributed by atoms with Gasteiger partial charge in [0, 0.05) is 6.92 Å². The fourth-order valence-electron chi connectivity index (χ4n) is 0.925. The molecule has 0 N–H and O–H groups in total. The fourth-order valence-corrected chi connectivity index (χ4v) is 0.925. The molecule has 0 bridgehead atoms. The number of rotatable bonds is 1. The first-order chi connectivity index (χ1) is 6.25. The molecular weight excluding hydrogens is 203 g/mol. The van der Waals surface area contributed by atoms with E-state index in [2.05, 4.69) is 4.42 Å². The van der Waals surface area contributed by atoms with Crippen LogP contribution in [0.5, 0.6) is 5.95 Å². The van der Waals surface area contributed by atoms with Crippen LogP contribution in [0.1, 0.15) is 16.4 Å². The van der Waals surface area contributed by atoms with Gasteiger partial charge in [0.25, 0.3) is 5.69 Å². The number of aromatic nitrogens is 1. The van der Waals surface area contributed by atoms with Crippen molar-refractivity contribution in [2.24, 2.45) is 7.05 Å². The quantitative estimate of drug-likeness (QED) is 0.491. The fraction of sp³-hybridized carbons (Fsp3) is 0.429. The molecule has 1 aromatic heterocycles. The van der Waals surface area contributed by atoms with Gasteiger partial charge in [0.15, 0.2) is 0 Å². The summed E-state index contributed by atoms with van der Waals surface area (Å²) >= 11 is 0. The van der Waals surface area contributed by atoms with Crippen molar-refractivity contribution in [2.45, 2.75) is 13.1 Å². The van der Waals surface area contributed by atoms with Crippen LogP contribution in [0.4, 0.5) is 13.2 Å². The first-order valence-corrected chi connectivity index (χ1v) is 3.53. The normalized spacial score (nSPS) is 11.8. The van der Waals surface area contributed by atoms with Crippen molar-refractivity contribution in [1.82, 2.24) is 0 Å². The number of aryl methyl sites for hydroxylation is 1. The average molecular weight is 209 g/mol. The van der Waals surface area contributed by atoms with Gasteiger partial charge in [-0.1, -0.05) is 0 Å². The minimum absolute atomic E-state index is 0.0531. The van der Waals surface area contributed by atoms with E-state index in [0.717, 1.165) is 11.6 Å². The molecule has 4 nitrogen and oxygen atoms in total. The Morgan fingerprint density at radius 2 is 2.00 bits per heavy atom. The Kier molecular flexibility index (Phi) is 2.26. The topological polar surface area (TPSA) is 57.2 Å². The summed E-state index contributed by atoms with van der Waals surface area (Å²) in [7, 11) is 1.15. The maximum atomic E-state index is 12.0. The van der Waals surface area contributed by atoms with Crippen LogP contribution in [0.3, 0.4) is 0 Å². The van der Waals surface area contributed by atoms with Gasteiger partial charge in [0.1, 0.15) is 13.0 Å². The Morgan fingerprint density at radius 1 is 1.50 bits per heavy atom. The Balaban J connectivity index is 3.27. The molecule has 7 heteroatoms. The maximum absolute atomic E-state index is 12.0. The molecule has 0 saturated heterocycles. The first-order valence-electron chi connectivity index (χ1n) is 3.53. The minimum atomic E-state index is -5.06. The van der Waals surface area contributed by atoms with Crippen LogP contribution in [0.25, 0.3) is 0 Å². The van der Waals surface area contributed by atoms with Crippen molar-refractivity contribution in [3.8, 4) is 5.95 Å². The van der Waals surface area contributed by atoms with E-state index in [-0.39, 0.29) is 5.89 Å². The molecule has 0 atom stereocenters. The van der Waals surface area contributed by atoms with Crippen molar-refractivity contribution in [1.29, 1.82) is 0 Å². The van der Waals surface area contributed by atoms with Gasteiger partial charge in [-0.3, -0.25) is 4.79 Å². The smallest absolute Gasteiger partial charge is 0.461 e. The summed E-state index contributed by atoms with van der Waals surface area (Å²) in [6.07, 6.45) is -5.06. The van der Waals surface area contributed by atoms with Gasteiger partial charge in [-0.15, -0.1) is 0 Å². The van der Waals surface area contributed by atoms with Crippen molar-refractivity contribution in [3.63, 3.8) is 0 Å². The summed E-state index contributed by atoms with van der Waals surface area (Å²) in [5.41, 5.74) is -1.00. The first kappa shape index (κ1) is 10.6. The number of Topliss-reactive ketones (excluding diaryl/α,β-unsaturated/α-hetero) is 1. The number of ketones is 1. The molecule has 0 aliphatic heterocycles. The van der Waals surface area contributed by atoms with E-state index < -0.39 is 23.6 Å². The van der Waals surface area contributed by atoms with E-state index in [4.69, 9.17) is 0 Å². The van der Waals surface area contributed by atoms with E-state index in [1.54, 1.807) is 0 Å². The lowest BCUT2D eigenvalue weighted by atomic mass is 10.3. The molecule has 0 aromatic carbocycles. The van der Waals surface area contributed by atoms with Gasteiger partial charge < -0.3 is 9.52 Å². The summed E-state index contributed by atoms with van der Waals surface area (Å²) in [5.74, 6) is -3.52. The van der Waals surface area contributed by atoms with Gasteiger partial charge in [0.2, 0.25) is 5.89 Å². The molecule has 78 valence electrons. The highest BCUT2D eigenvalue weighted by Crippen LogP contribution is 2.24. The average Bonchev–Trinajstić information content (AvgIpc) is 2.24. The second-order valence-electron chi connectivity index (χ2n) is 2.64. The van der Waals surface area contributed by atoms with E-state index in [9.17, 15) is 23.1 Å². The monoisotopic (exact) mass is 209 g/mol. The van der Waals surface area contributed by atoms with E-state index in [1.807, 2.05) is 0 Å². The summed E-state index contributed by atoms with van der Waals surface area (Å²) in [4.78, 5) is 10.7. The molecule has 0 fully saturated rings. The predicted octanol–water partition coefficient (Wildman–Crippen LogP) is 0.231. The zero-order valence-electron chi connectivity index (χ0n) is 7.31. The summed E-state index contributed by atoms with van der Waals surface area (Å²) < 4.78 is 41.0. The van der Waals surface area contributed by atoms with Gasteiger partial charge in [-0.2, -0.15) is 17.7 Å². The SMILES string of the molecule is Cc1oc([O-])c(C(=O)C(F)(F)F)[n+]1C. The standard InChI is InChI=1S/C7H6F3NO3/c1-3-11(2)4(6(13)14-3)5(12)7(8,9)10/h1-2H3. The molecule has 0 aliphatic rings. The highest BCUT2D eigenvalue weighted by atomic mass is 19.4. The van der Waals surface area contributed by atoms with Crippen LogP contribution < -0.4 is 9.67 Å². The molecule has 0 unspecified atom stereocenters. The lowest BCUT2D eigenvalue weighted by Gasteiger charge is -2.01. The lowest BCUT2D eigenvalue weighted by molar-refractivity contribution is -0.683. The lowest BCUT2D eigenvalue weighted by Crippen LogP contribution is -2.40. The van der Waals surface area contributed by atoms with Gasteiger partial charge >= 0.3 is 12.0 Å². The van der Waals surface area contributed by atoms with Crippen molar-refractivity contribution >= 4 is 5.78 Å². The summed E-state index contributed by atoms with van der Waals surface area (Å²) in [5, 5.41) is 10.8. The highest BCUT2D eigenvalue weighted by Gasteiger charge is 2.45. The van der Waals surface area contributed by atoms with Crippen LogP contribution >= 0.6 is 0 Å². The van der Waals surface area contributed by atoms with Crippen molar-refractivity contribution in [3.05, 3.63) is 11.6 Å². The molecular formula is C7H6F3NO3. The molecule has 1 rings (SSSR count). The number of hydrogen-bond acceptors (Lipinski definition) is 3. The van der Waals surface area contributed by atoms with Gasteiger partial charge in [-0.05, 0) is 0 Å². The zero-order valence-corrected chi connectivity index (χ0v) is 7.31. The molecule has 0 saturated carbocycles. The van der Waals surface area contributed by atoms with E-state index in [0.29, 0.717) is 0 Å². The van der Waals surface area contributed by atoms with Crippen LogP contribution in [-0.2, 0) is 7.05 Å². The third kappa shape index (κ3) is 1.57. The second kappa shape index (κ2) is 3.00. The summed E-state index contributed by atoms with van der Waals surface area (Å²) in [6.45, 7) is 1.29. The Hall–Kier alpha value is -1.53. The number of oxazole rings is 1. The molecule has 0 amide bonds. The Labute approximate surface area is 76.6 Å².